The smallest absolute Gasteiger partial charge is 0.308 e. The molecule has 0 bridgehead atoms. The van der Waals surface area contributed by atoms with Crippen molar-refractivity contribution in [2.24, 2.45) is 16.8 Å². The summed E-state index contributed by atoms with van der Waals surface area (Å²) >= 11 is 0. The number of methoxy groups -OCH3 is 1. The molecule has 2 heterocycles. The lowest BCUT2D eigenvalue weighted by Crippen LogP contribution is -2.46. The number of carbonyl (C=O) groups excluding carboxylic acids is 1. The minimum atomic E-state index is -0.0758. The number of rotatable bonds is 7. The SMILES string of the molecule is CCNC(=NCC1CCN(CCc2ccccc2)C1)N1CCC(C(=O)OC)CC1. The Balaban J connectivity index is 1.45. The number of benzene rings is 1. The Kier molecular flexibility index (Phi) is 8.35. The summed E-state index contributed by atoms with van der Waals surface area (Å²) in [5.74, 6) is 1.59. The van der Waals surface area contributed by atoms with Crippen LogP contribution in [-0.4, -0.2) is 74.7 Å². The zero-order valence-electron chi connectivity index (χ0n) is 18.0. The summed E-state index contributed by atoms with van der Waals surface area (Å²) in [6.07, 6.45) is 4.03. The van der Waals surface area contributed by atoms with Gasteiger partial charge in [-0.3, -0.25) is 9.79 Å². The van der Waals surface area contributed by atoms with Crippen LogP contribution in [-0.2, 0) is 16.0 Å². The fraction of sp³-hybridized carbons (Fsp3) is 0.652. The molecule has 2 aliphatic rings. The predicted octanol–water partition coefficient (Wildman–Crippen LogP) is 2.40. The molecule has 1 aromatic rings. The summed E-state index contributed by atoms with van der Waals surface area (Å²) in [5.41, 5.74) is 1.42. The van der Waals surface area contributed by atoms with Crippen LogP contribution in [0.25, 0.3) is 0 Å². The Bertz CT molecular complexity index is 656. The molecule has 2 fully saturated rings. The van der Waals surface area contributed by atoms with Gasteiger partial charge in [-0.25, -0.2) is 0 Å². The first-order valence-electron chi connectivity index (χ1n) is 11.1. The summed E-state index contributed by atoms with van der Waals surface area (Å²) in [7, 11) is 1.48. The second-order valence-corrected chi connectivity index (χ2v) is 8.17. The first-order valence-corrected chi connectivity index (χ1v) is 11.1. The molecule has 6 heteroatoms. The van der Waals surface area contributed by atoms with Crippen molar-refractivity contribution >= 4 is 11.9 Å². The van der Waals surface area contributed by atoms with Crippen LogP contribution in [0, 0.1) is 11.8 Å². The zero-order chi connectivity index (χ0) is 20.5. The number of nitrogens with one attached hydrogen (secondary N) is 1. The largest absolute Gasteiger partial charge is 0.469 e. The van der Waals surface area contributed by atoms with Crippen LogP contribution in [0.1, 0.15) is 31.7 Å². The van der Waals surface area contributed by atoms with Gasteiger partial charge in [0.25, 0.3) is 0 Å². The zero-order valence-corrected chi connectivity index (χ0v) is 18.0. The van der Waals surface area contributed by atoms with Crippen molar-refractivity contribution < 1.29 is 9.53 Å². The van der Waals surface area contributed by atoms with E-state index in [4.69, 9.17) is 9.73 Å². The number of hydrogen-bond donors (Lipinski definition) is 1. The van der Waals surface area contributed by atoms with Gasteiger partial charge in [-0.05, 0) is 50.6 Å². The highest BCUT2D eigenvalue weighted by Gasteiger charge is 2.27. The molecule has 1 unspecified atom stereocenters. The van der Waals surface area contributed by atoms with Crippen molar-refractivity contribution in [1.82, 2.24) is 15.1 Å². The minimum Gasteiger partial charge on any atom is -0.469 e. The lowest BCUT2D eigenvalue weighted by molar-refractivity contribution is -0.146. The van der Waals surface area contributed by atoms with Crippen molar-refractivity contribution in [3.63, 3.8) is 0 Å². The number of ether oxygens (including phenoxy) is 1. The quantitative estimate of drug-likeness (QED) is 0.433. The maximum atomic E-state index is 11.8. The maximum Gasteiger partial charge on any atom is 0.308 e. The Hall–Kier alpha value is -2.08. The van der Waals surface area contributed by atoms with Crippen LogP contribution in [0.4, 0.5) is 0 Å². The molecule has 1 aromatic carbocycles. The molecule has 0 aliphatic carbocycles. The number of guanidine groups is 1. The molecule has 0 radical (unpaired) electrons. The van der Waals surface area contributed by atoms with Gasteiger partial charge < -0.3 is 19.9 Å². The highest BCUT2D eigenvalue weighted by atomic mass is 16.5. The van der Waals surface area contributed by atoms with E-state index in [0.29, 0.717) is 5.92 Å². The number of carbonyl (C=O) groups is 1. The first-order chi connectivity index (χ1) is 14.2. The van der Waals surface area contributed by atoms with Crippen molar-refractivity contribution in [1.29, 1.82) is 0 Å². The lowest BCUT2D eigenvalue weighted by atomic mass is 9.97. The second-order valence-electron chi connectivity index (χ2n) is 8.17. The maximum absolute atomic E-state index is 11.8. The summed E-state index contributed by atoms with van der Waals surface area (Å²) in [4.78, 5) is 21.6. The van der Waals surface area contributed by atoms with E-state index >= 15 is 0 Å². The Morgan fingerprint density at radius 2 is 1.93 bits per heavy atom. The molecule has 6 nitrogen and oxygen atoms in total. The molecule has 0 spiro atoms. The van der Waals surface area contributed by atoms with E-state index in [-0.39, 0.29) is 11.9 Å². The normalized spacial score (nSPS) is 21.4. The molecule has 2 saturated heterocycles. The fourth-order valence-corrected chi connectivity index (χ4v) is 4.33. The summed E-state index contributed by atoms with van der Waals surface area (Å²) < 4.78 is 4.90. The monoisotopic (exact) mass is 400 g/mol. The third-order valence-corrected chi connectivity index (χ3v) is 6.09. The fourth-order valence-electron chi connectivity index (χ4n) is 4.33. The number of aliphatic imine (C=N–C) groups is 1. The van der Waals surface area contributed by atoms with Gasteiger partial charge in [0.05, 0.1) is 13.0 Å². The van der Waals surface area contributed by atoms with Crippen molar-refractivity contribution in [2.75, 3.05) is 52.9 Å². The standard InChI is InChI=1S/C23H36N4O2/c1-3-24-23(27-15-11-21(12-16-27)22(28)29-2)25-17-20-10-14-26(18-20)13-9-19-7-5-4-6-8-19/h4-8,20-21H,3,9-18H2,1-2H3,(H,24,25). The number of likely N-dealkylation sites (tertiary alicyclic amines) is 2. The van der Waals surface area contributed by atoms with E-state index in [2.05, 4.69) is 52.4 Å². The van der Waals surface area contributed by atoms with E-state index in [0.717, 1.165) is 64.5 Å². The Morgan fingerprint density at radius 1 is 1.17 bits per heavy atom. The minimum absolute atomic E-state index is 0.0344. The van der Waals surface area contributed by atoms with E-state index < -0.39 is 0 Å². The van der Waals surface area contributed by atoms with Gasteiger partial charge in [0, 0.05) is 39.3 Å². The Labute approximate surface area is 175 Å². The summed E-state index contributed by atoms with van der Waals surface area (Å²) in [6, 6.07) is 10.7. The number of nitrogens with zero attached hydrogens (tertiary/aromatic N) is 3. The van der Waals surface area contributed by atoms with Crippen LogP contribution in [0.5, 0.6) is 0 Å². The third kappa shape index (κ3) is 6.46. The van der Waals surface area contributed by atoms with E-state index in [9.17, 15) is 4.79 Å². The van der Waals surface area contributed by atoms with Crippen LogP contribution < -0.4 is 5.32 Å². The predicted molar refractivity (Wildman–Crippen MR) is 117 cm³/mol. The van der Waals surface area contributed by atoms with Crippen molar-refractivity contribution in [3.05, 3.63) is 35.9 Å². The second kappa shape index (κ2) is 11.2. The third-order valence-electron chi connectivity index (χ3n) is 6.09. The van der Waals surface area contributed by atoms with Gasteiger partial charge in [0.2, 0.25) is 0 Å². The molecule has 1 atom stereocenters. The van der Waals surface area contributed by atoms with E-state index in [1.54, 1.807) is 0 Å². The van der Waals surface area contributed by atoms with E-state index in [1.165, 1.54) is 25.6 Å². The highest BCUT2D eigenvalue weighted by Crippen LogP contribution is 2.20. The van der Waals surface area contributed by atoms with Crippen LogP contribution in [0.3, 0.4) is 0 Å². The van der Waals surface area contributed by atoms with Gasteiger partial charge in [0.15, 0.2) is 5.96 Å². The van der Waals surface area contributed by atoms with Crippen LogP contribution in [0.2, 0.25) is 0 Å². The summed E-state index contributed by atoms with van der Waals surface area (Å²) in [6.45, 7) is 9.01. The van der Waals surface area contributed by atoms with Gasteiger partial charge in [0.1, 0.15) is 0 Å². The highest BCUT2D eigenvalue weighted by molar-refractivity contribution is 5.80. The molecule has 3 rings (SSSR count). The van der Waals surface area contributed by atoms with E-state index in [1.807, 2.05) is 0 Å². The number of piperidine rings is 1. The van der Waals surface area contributed by atoms with Gasteiger partial charge >= 0.3 is 5.97 Å². The molecular formula is C23H36N4O2. The molecule has 160 valence electrons. The molecule has 0 saturated carbocycles. The number of esters is 1. The molecule has 2 aliphatic heterocycles. The van der Waals surface area contributed by atoms with Crippen LogP contribution >= 0.6 is 0 Å². The summed E-state index contributed by atoms with van der Waals surface area (Å²) in [5, 5.41) is 3.44. The van der Waals surface area contributed by atoms with Crippen LogP contribution in [0.15, 0.2) is 35.3 Å². The van der Waals surface area contributed by atoms with Gasteiger partial charge in [-0.2, -0.15) is 0 Å². The average molecular weight is 401 g/mol. The van der Waals surface area contributed by atoms with Gasteiger partial charge in [-0.1, -0.05) is 30.3 Å². The molecular weight excluding hydrogens is 364 g/mol. The lowest BCUT2D eigenvalue weighted by Gasteiger charge is -2.33. The number of hydrogen-bond acceptors (Lipinski definition) is 4. The van der Waals surface area contributed by atoms with Gasteiger partial charge in [-0.15, -0.1) is 0 Å². The van der Waals surface area contributed by atoms with Crippen molar-refractivity contribution in [2.45, 2.75) is 32.6 Å². The van der Waals surface area contributed by atoms with Crippen molar-refractivity contribution in [3.8, 4) is 0 Å². The molecule has 1 N–H and O–H groups in total. The molecule has 0 amide bonds. The molecule has 0 aromatic heterocycles. The average Bonchev–Trinajstić information content (AvgIpc) is 3.23. The molecule has 29 heavy (non-hydrogen) atoms. The first kappa shape index (κ1) is 21.6. The Morgan fingerprint density at radius 3 is 2.62 bits per heavy atom. The topological polar surface area (TPSA) is 57.2 Å².